The van der Waals surface area contributed by atoms with Crippen molar-refractivity contribution >= 4 is 11.8 Å². The number of hydrogen-bond donors (Lipinski definition) is 4. The molecule has 0 unspecified atom stereocenters. The number of aliphatic imine (C=N–C) groups is 1. The van der Waals surface area contributed by atoms with E-state index < -0.39 is 0 Å². The number of halogens is 1. The summed E-state index contributed by atoms with van der Waals surface area (Å²) in [5.41, 5.74) is 3.02. The third kappa shape index (κ3) is 6.13. The SMILES string of the molecule is OCCN=C(NCCO)Nc1cc(CCc2ccc(-c3ccccc3)c(F)c2)no1. The van der Waals surface area contributed by atoms with Gasteiger partial charge in [-0.1, -0.05) is 47.6 Å². The molecular formula is C22H25FN4O3. The Morgan fingerprint density at radius 2 is 1.87 bits per heavy atom. The third-order valence-electron chi connectivity index (χ3n) is 4.36. The molecule has 158 valence electrons. The lowest BCUT2D eigenvalue weighted by atomic mass is 10.0. The predicted molar refractivity (Wildman–Crippen MR) is 114 cm³/mol. The highest BCUT2D eigenvalue weighted by atomic mass is 19.1. The lowest BCUT2D eigenvalue weighted by Gasteiger charge is -2.08. The monoisotopic (exact) mass is 412 g/mol. The van der Waals surface area contributed by atoms with Crippen LogP contribution in [0.5, 0.6) is 0 Å². The molecule has 0 fully saturated rings. The van der Waals surface area contributed by atoms with Crippen LogP contribution in [0.25, 0.3) is 11.1 Å². The minimum absolute atomic E-state index is 0.0545. The molecule has 4 N–H and O–H groups in total. The first kappa shape index (κ1) is 21.5. The maximum atomic E-state index is 14.5. The second-order valence-corrected chi connectivity index (χ2v) is 6.59. The van der Waals surface area contributed by atoms with Crippen LogP contribution in [0.3, 0.4) is 0 Å². The molecule has 0 spiro atoms. The standard InChI is InChI=1S/C22H25FN4O3/c23-20-14-16(7-9-19(20)17-4-2-1-3-5-17)6-8-18-15-21(30-27-18)26-22(24-10-12-28)25-11-13-29/h1-5,7,9,14-15,28-29H,6,8,10-13H2,(H2,24,25,26). The van der Waals surface area contributed by atoms with Crippen molar-refractivity contribution in [2.75, 3.05) is 31.6 Å². The highest BCUT2D eigenvalue weighted by Crippen LogP contribution is 2.24. The Kier molecular flexibility index (Phi) is 7.94. The average molecular weight is 412 g/mol. The Morgan fingerprint density at radius 3 is 2.60 bits per heavy atom. The predicted octanol–water partition coefficient (Wildman–Crippen LogP) is 2.61. The quantitative estimate of drug-likeness (QED) is 0.318. The van der Waals surface area contributed by atoms with Gasteiger partial charge >= 0.3 is 0 Å². The van der Waals surface area contributed by atoms with E-state index in [1.165, 1.54) is 0 Å². The number of aryl methyl sites for hydroxylation is 2. The number of anilines is 1. The molecule has 0 amide bonds. The summed E-state index contributed by atoms with van der Waals surface area (Å²) in [6.07, 6.45) is 1.20. The van der Waals surface area contributed by atoms with Gasteiger partial charge in [0, 0.05) is 18.2 Å². The maximum Gasteiger partial charge on any atom is 0.231 e. The van der Waals surface area contributed by atoms with Crippen molar-refractivity contribution in [2.45, 2.75) is 12.8 Å². The van der Waals surface area contributed by atoms with E-state index >= 15 is 0 Å². The molecule has 30 heavy (non-hydrogen) atoms. The first-order valence-electron chi connectivity index (χ1n) is 9.76. The summed E-state index contributed by atoms with van der Waals surface area (Å²) in [5.74, 6) is 0.512. The number of guanidine groups is 1. The van der Waals surface area contributed by atoms with Crippen molar-refractivity contribution in [3.8, 4) is 11.1 Å². The molecule has 0 aliphatic carbocycles. The Morgan fingerprint density at radius 1 is 1.03 bits per heavy atom. The lowest BCUT2D eigenvalue weighted by molar-refractivity contribution is 0.299. The third-order valence-corrected chi connectivity index (χ3v) is 4.36. The first-order chi connectivity index (χ1) is 14.7. The second kappa shape index (κ2) is 11.1. The molecule has 0 saturated carbocycles. The molecule has 2 aromatic carbocycles. The van der Waals surface area contributed by atoms with E-state index in [0.717, 1.165) is 11.1 Å². The van der Waals surface area contributed by atoms with E-state index in [9.17, 15) is 4.39 Å². The average Bonchev–Trinajstić information content (AvgIpc) is 3.22. The van der Waals surface area contributed by atoms with Crippen molar-refractivity contribution in [1.29, 1.82) is 0 Å². The highest BCUT2D eigenvalue weighted by molar-refractivity contribution is 5.92. The summed E-state index contributed by atoms with van der Waals surface area (Å²) in [5, 5.41) is 27.7. The Balaban J connectivity index is 1.59. The Bertz CT molecular complexity index is 960. The molecule has 0 aliphatic rings. The number of nitrogens with zero attached hydrogens (tertiary/aromatic N) is 2. The van der Waals surface area contributed by atoms with Gasteiger partial charge in [-0.25, -0.2) is 4.39 Å². The minimum Gasteiger partial charge on any atom is -0.395 e. The molecule has 0 saturated heterocycles. The van der Waals surface area contributed by atoms with E-state index in [0.29, 0.717) is 42.5 Å². The van der Waals surface area contributed by atoms with Crippen LogP contribution in [0.2, 0.25) is 0 Å². The number of hydrogen-bond acceptors (Lipinski definition) is 5. The molecule has 0 bridgehead atoms. The maximum absolute atomic E-state index is 14.5. The van der Waals surface area contributed by atoms with Crippen LogP contribution in [0, 0.1) is 5.82 Å². The van der Waals surface area contributed by atoms with E-state index in [-0.39, 0.29) is 25.6 Å². The van der Waals surface area contributed by atoms with E-state index in [2.05, 4.69) is 20.8 Å². The van der Waals surface area contributed by atoms with Crippen LogP contribution in [0.1, 0.15) is 11.3 Å². The van der Waals surface area contributed by atoms with Crippen LogP contribution in [-0.2, 0) is 12.8 Å². The molecule has 8 heteroatoms. The summed E-state index contributed by atoms with van der Waals surface area (Å²) in [6, 6.07) is 16.5. The summed E-state index contributed by atoms with van der Waals surface area (Å²) < 4.78 is 19.8. The molecule has 1 aromatic heterocycles. The van der Waals surface area contributed by atoms with Crippen LogP contribution < -0.4 is 10.6 Å². The van der Waals surface area contributed by atoms with Gasteiger partial charge in [-0.3, -0.25) is 10.3 Å². The van der Waals surface area contributed by atoms with E-state index in [1.54, 1.807) is 18.2 Å². The van der Waals surface area contributed by atoms with Crippen molar-refractivity contribution < 1.29 is 19.1 Å². The van der Waals surface area contributed by atoms with Crippen LogP contribution in [-0.4, -0.2) is 47.6 Å². The molecule has 1 heterocycles. The molecule has 3 rings (SSSR count). The number of aliphatic hydroxyl groups excluding tert-OH is 2. The number of benzene rings is 2. The zero-order valence-electron chi connectivity index (χ0n) is 16.5. The lowest BCUT2D eigenvalue weighted by Crippen LogP contribution is -2.33. The number of rotatable bonds is 9. The first-order valence-corrected chi connectivity index (χ1v) is 9.76. The molecule has 0 radical (unpaired) electrons. The van der Waals surface area contributed by atoms with Crippen molar-refractivity contribution in [1.82, 2.24) is 10.5 Å². The van der Waals surface area contributed by atoms with Gasteiger partial charge in [0.15, 0.2) is 5.96 Å². The van der Waals surface area contributed by atoms with Gasteiger partial charge in [-0.15, -0.1) is 0 Å². The largest absolute Gasteiger partial charge is 0.395 e. The zero-order chi connectivity index (χ0) is 21.2. The fraction of sp³-hybridized carbons (Fsp3) is 0.273. The molecular weight excluding hydrogens is 387 g/mol. The van der Waals surface area contributed by atoms with Gasteiger partial charge in [-0.05, 0) is 30.0 Å². The van der Waals surface area contributed by atoms with E-state index in [4.69, 9.17) is 14.7 Å². The smallest absolute Gasteiger partial charge is 0.231 e. The van der Waals surface area contributed by atoms with Crippen molar-refractivity contribution in [3.05, 3.63) is 71.7 Å². The summed E-state index contributed by atoms with van der Waals surface area (Å²) in [7, 11) is 0. The normalized spacial score (nSPS) is 11.5. The Hall–Kier alpha value is -3.23. The van der Waals surface area contributed by atoms with Gasteiger partial charge in [0.2, 0.25) is 5.88 Å². The fourth-order valence-corrected chi connectivity index (χ4v) is 2.92. The van der Waals surface area contributed by atoms with Crippen molar-refractivity contribution in [2.24, 2.45) is 4.99 Å². The molecule has 0 atom stereocenters. The fourth-order valence-electron chi connectivity index (χ4n) is 2.92. The van der Waals surface area contributed by atoms with Crippen LogP contribution in [0.4, 0.5) is 10.3 Å². The van der Waals surface area contributed by atoms with Crippen LogP contribution in [0.15, 0.2) is 64.1 Å². The summed E-state index contributed by atoms with van der Waals surface area (Å²) in [4.78, 5) is 4.12. The number of aromatic nitrogens is 1. The second-order valence-electron chi connectivity index (χ2n) is 6.59. The van der Waals surface area contributed by atoms with Gasteiger partial charge in [0.05, 0.1) is 25.5 Å². The molecule has 7 nitrogen and oxygen atoms in total. The minimum atomic E-state index is -0.249. The van der Waals surface area contributed by atoms with Crippen LogP contribution >= 0.6 is 0 Å². The zero-order valence-corrected chi connectivity index (χ0v) is 16.5. The van der Waals surface area contributed by atoms with Gasteiger partial charge in [0.1, 0.15) is 5.82 Å². The molecule has 3 aromatic rings. The summed E-state index contributed by atoms with van der Waals surface area (Å²) in [6.45, 7) is 0.378. The topological polar surface area (TPSA) is 103 Å². The number of aliphatic hydroxyl groups is 2. The Labute approximate surface area is 174 Å². The van der Waals surface area contributed by atoms with Crippen molar-refractivity contribution in [3.63, 3.8) is 0 Å². The van der Waals surface area contributed by atoms with E-state index in [1.807, 2.05) is 36.4 Å². The van der Waals surface area contributed by atoms with Gasteiger partial charge in [0.25, 0.3) is 0 Å². The highest BCUT2D eigenvalue weighted by Gasteiger charge is 2.09. The van der Waals surface area contributed by atoms with Gasteiger partial charge in [-0.2, -0.15) is 0 Å². The number of nitrogens with one attached hydrogen (secondary N) is 2. The van der Waals surface area contributed by atoms with Gasteiger partial charge < -0.3 is 20.1 Å². The summed E-state index contributed by atoms with van der Waals surface area (Å²) >= 11 is 0. The molecule has 0 aliphatic heterocycles.